The first-order chi connectivity index (χ1) is 8.44. The van der Waals surface area contributed by atoms with Crippen LogP contribution in [-0.4, -0.2) is 19.9 Å². The number of aromatic nitrogens is 3. The summed E-state index contributed by atoms with van der Waals surface area (Å²) in [6, 6.07) is 6.18. The molecule has 0 saturated carbocycles. The van der Waals surface area contributed by atoms with Gasteiger partial charge >= 0.3 is 0 Å². The third kappa shape index (κ3) is 2.01. The highest BCUT2D eigenvalue weighted by Crippen LogP contribution is 2.30. The van der Waals surface area contributed by atoms with Crippen LogP contribution in [0.5, 0.6) is 0 Å². The van der Waals surface area contributed by atoms with E-state index >= 15 is 0 Å². The first kappa shape index (κ1) is 12.7. The van der Waals surface area contributed by atoms with Gasteiger partial charge < -0.3 is 5.11 Å². The summed E-state index contributed by atoms with van der Waals surface area (Å²) < 4.78 is 15.4. The number of halogens is 1. The summed E-state index contributed by atoms with van der Waals surface area (Å²) in [6.07, 6.45) is 1.37. The van der Waals surface area contributed by atoms with E-state index in [1.54, 1.807) is 22.9 Å². The summed E-state index contributed by atoms with van der Waals surface area (Å²) in [5.74, 6) is -0.122. The van der Waals surface area contributed by atoms with Crippen molar-refractivity contribution in [2.75, 3.05) is 0 Å². The number of aliphatic hydroxyl groups is 1. The highest BCUT2D eigenvalue weighted by molar-refractivity contribution is 5.29. The minimum atomic E-state index is -1.51. The Balaban J connectivity index is 2.55. The number of nitrogens with zero attached hydrogens (tertiary/aromatic N) is 3. The Bertz CT molecular complexity index is 549. The smallest absolute Gasteiger partial charge is 0.163 e. The fraction of sp³-hybridized carbons (Fsp3) is 0.385. The normalized spacial score (nSPS) is 14.8. The van der Waals surface area contributed by atoms with E-state index in [1.807, 2.05) is 13.8 Å². The second-order valence-corrected chi connectivity index (χ2v) is 4.67. The third-order valence-corrected chi connectivity index (χ3v) is 2.90. The van der Waals surface area contributed by atoms with Crippen molar-refractivity contribution in [2.24, 2.45) is 0 Å². The summed E-state index contributed by atoms with van der Waals surface area (Å²) in [4.78, 5) is 4.06. The fourth-order valence-corrected chi connectivity index (χ4v) is 1.95. The van der Waals surface area contributed by atoms with Gasteiger partial charge in [0.2, 0.25) is 0 Å². The highest BCUT2D eigenvalue weighted by Gasteiger charge is 2.34. The molecule has 96 valence electrons. The van der Waals surface area contributed by atoms with Gasteiger partial charge in [-0.25, -0.2) is 14.1 Å². The van der Waals surface area contributed by atoms with Gasteiger partial charge in [0.1, 0.15) is 17.7 Å². The zero-order valence-electron chi connectivity index (χ0n) is 10.6. The van der Waals surface area contributed by atoms with Crippen LogP contribution in [0.25, 0.3) is 0 Å². The van der Waals surface area contributed by atoms with Gasteiger partial charge in [-0.15, -0.1) is 0 Å². The first-order valence-electron chi connectivity index (χ1n) is 5.82. The maximum atomic E-state index is 13.8. The fourth-order valence-electron chi connectivity index (χ4n) is 1.95. The van der Waals surface area contributed by atoms with Gasteiger partial charge in [0, 0.05) is 11.6 Å². The molecule has 1 aromatic carbocycles. The van der Waals surface area contributed by atoms with Crippen molar-refractivity contribution < 1.29 is 9.50 Å². The standard InChI is InChI=1S/C13H16FN3O/c1-9(2)17-12(15-8-16-17)13(3,18)10-6-4-5-7-11(10)14/h4-9,18H,1-3H3. The molecule has 0 saturated heterocycles. The van der Waals surface area contributed by atoms with Crippen molar-refractivity contribution >= 4 is 0 Å². The zero-order valence-corrected chi connectivity index (χ0v) is 10.6. The van der Waals surface area contributed by atoms with Crippen molar-refractivity contribution in [1.29, 1.82) is 0 Å². The average molecular weight is 249 g/mol. The van der Waals surface area contributed by atoms with Gasteiger partial charge in [-0.2, -0.15) is 5.10 Å². The van der Waals surface area contributed by atoms with Gasteiger partial charge in [0.25, 0.3) is 0 Å². The van der Waals surface area contributed by atoms with E-state index in [1.165, 1.54) is 19.3 Å². The number of rotatable bonds is 3. The summed E-state index contributed by atoms with van der Waals surface area (Å²) in [6.45, 7) is 5.37. The van der Waals surface area contributed by atoms with E-state index in [0.717, 1.165) is 0 Å². The van der Waals surface area contributed by atoms with Gasteiger partial charge in [-0.3, -0.25) is 0 Å². The Hall–Kier alpha value is -1.75. The molecule has 1 atom stereocenters. The molecule has 0 radical (unpaired) electrons. The van der Waals surface area contributed by atoms with Crippen LogP contribution in [0, 0.1) is 5.82 Å². The Kier molecular flexibility index (Phi) is 3.17. The molecule has 0 fully saturated rings. The molecule has 0 aliphatic carbocycles. The van der Waals surface area contributed by atoms with E-state index in [4.69, 9.17) is 0 Å². The van der Waals surface area contributed by atoms with Crippen LogP contribution in [-0.2, 0) is 5.60 Å². The van der Waals surface area contributed by atoms with Crippen LogP contribution >= 0.6 is 0 Å². The van der Waals surface area contributed by atoms with Gasteiger partial charge in [0.05, 0.1) is 0 Å². The van der Waals surface area contributed by atoms with Crippen molar-refractivity contribution in [3.8, 4) is 0 Å². The van der Waals surface area contributed by atoms with Crippen molar-refractivity contribution in [2.45, 2.75) is 32.4 Å². The molecule has 5 heteroatoms. The minimum absolute atomic E-state index is 0.0424. The SMILES string of the molecule is CC(C)n1ncnc1C(C)(O)c1ccccc1F. The quantitative estimate of drug-likeness (QED) is 0.907. The first-order valence-corrected chi connectivity index (χ1v) is 5.82. The second-order valence-electron chi connectivity index (χ2n) is 4.67. The average Bonchev–Trinajstić information content (AvgIpc) is 2.78. The lowest BCUT2D eigenvalue weighted by atomic mass is 9.94. The van der Waals surface area contributed by atoms with Crippen LogP contribution < -0.4 is 0 Å². The largest absolute Gasteiger partial charge is 0.377 e. The zero-order chi connectivity index (χ0) is 13.3. The molecule has 1 N–H and O–H groups in total. The Morgan fingerprint density at radius 2 is 2.00 bits per heavy atom. The van der Waals surface area contributed by atoms with Crippen LogP contribution in [0.2, 0.25) is 0 Å². The Morgan fingerprint density at radius 1 is 1.33 bits per heavy atom. The summed E-state index contributed by atoms with van der Waals surface area (Å²) in [5, 5.41) is 14.7. The van der Waals surface area contributed by atoms with E-state index in [0.29, 0.717) is 5.82 Å². The molecular formula is C13H16FN3O. The predicted octanol–water partition coefficient (Wildman–Crippen LogP) is 2.25. The molecular weight excluding hydrogens is 233 g/mol. The van der Waals surface area contributed by atoms with E-state index in [2.05, 4.69) is 10.1 Å². The van der Waals surface area contributed by atoms with E-state index in [-0.39, 0.29) is 11.6 Å². The molecule has 4 nitrogen and oxygen atoms in total. The maximum absolute atomic E-state index is 13.8. The summed E-state index contributed by atoms with van der Waals surface area (Å²) in [5.41, 5.74) is -1.31. The summed E-state index contributed by atoms with van der Waals surface area (Å²) >= 11 is 0. The van der Waals surface area contributed by atoms with Crippen LogP contribution in [0.1, 0.15) is 38.2 Å². The Labute approximate surface area is 105 Å². The van der Waals surface area contributed by atoms with E-state index in [9.17, 15) is 9.50 Å². The highest BCUT2D eigenvalue weighted by atomic mass is 19.1. The van der Waals surface area contributed by atoms with Gasteiger partial charge in [-0.05, 0) is 26.8 Å². The lowest BCUT2D eigenvalue weighted by molar-refractivity contribution is 0.0811. The van der Waals surface area contributed by atoms with E-state index < -0.39 is 11.4 Å². The molecule has 1 heterocycles. The molecule has 0 aliphatic rings. The number of benzene rings is 1. The second kappa shape index (κ2) is 4.49. The monoisotopic (exact) mass is 249 g/mol. The molecule has 1 unspecified atom stereocenters. The van der Waals surface area contributed by atoms with Crippen molar-refractivity contribution in [3.63, 3.8) is 0 Å². The molecule has 0 aliphatic heterocycles. The lowest BCUT2D eigenvalue weighted by Gasteiger charge is -2.25. The molecule has 1 aromatic heterocycles. The molecule has 2 rings (SSSR count). The van der Waals surface area contributed by atoms with Gasteiger partial charge in [0.15, 0.2) is 5.82 Å². The Morgan fingerprint density at radius 3 is 2.61 bits per heavy atom. The van der Waals surface area contributed by atoms with Crippen molar-refractivity contribution in [1.82, 2.24) is 14.8 Å². The molecule has 0 spiro atoms. The maximum Gasteiger partial charge on any atom is 0.163 e. The summed E-state index contributed by atoms with van der Waals surface area (Å²) in [7, 11) is 0. The predicted molar refractivity (Wildman–Crippen MR) is 65.5 cm³/mol. The minimum Gasteiger partial charge on any atom is -0.377 e. The molecule has 2 aromatic rings. The van der Waals surface area contributed by atoms with Crippen LogP contribution in [0.4, 0.5) is 4.39 Å². The third-order valence-electron chi connectivity index (χ3n) is 2.90. The van der Waals surface area contributed by atoms with Crippen LogP contribution in [0.3, 0.4) is 0 Å². The molecule has 18 heavy (non-hydrogen) atoms. The number of hydrogen-bond donors (Lipinski definition) is 1. The molecule has 0 bridgehead atoms. The topological polar surface area (TPSA) is 50.9 Å². The number of hydrogen-bond acceptors (Lipinski definition) is 3. The molecule has 0 amide bonds. The van der Waals surface area contributed by atoms with Gasteiger partial charge in [-0.1, -0.05) is 18.2 Å². The van der Waals surface area contributed by atoms with Crippen molar-refractivity contribution in [3.05, 3.63) is 47.8 Å². The van der Waals surface area contributed by atoms with Crippen LogP contribution in [0.15, 0.2) is 30.6 Å². The lowest BCUT2D eigenvalue weighted by Crippen LogP contribution is -2.29.